The number of nitrogens with one attached hydrogen (secondary N) is 1. The Morgan fingerprint density at radius 3 is 2.47 bits per heavy atom. The van der Waals surface area contributed by atoms with E-state index in [1.807, 2.05) is 26.0 Å². The number of carbonyl (C=O) groups excluding carboxylic acids is 1. The van der Waals surface area contributed by atoms with Crippen molar-refractivity contribution in [1.29, 1.82) is 0 Å². The van der Waals surface area contributed by atoms with Crippen LogP contribution in [0.4, 0.5) is 5.69 Å². The highest BCUT2D eigenvalue weighted by Gasteiger charge is 2.10. The van der Waals surface area contributed by atoms with Gasteiger partial charge in [-0.25, -0.2) is 0 Å². The predicted molar refractivity (Wildman–Crippen MR) is 75.3 cm³/mol. The van der Waals surface area contributed by atoms with E-state index in [2.05, 4.69) is 27.9 Å². The van der Waals surface area contributed by atoms with Gasteiger partial charge in [0.2, 0.25) is 0 Å². The van der Waals surface area contributed by atoms with Gasteiger partial charge in [-0.2, -0.15) is 0 Å². The molecule has 0 bridgehead atoms. The third-order valence-electron chi connectivity index (χ3n) is 2.44. The molecule has 4 heteroatoms. The summed E-state index contributed by atoms with van der Waals surface area (Å²) < 4.78 is 6.26. The van der Waals surface area contributed by atoms with Crippen molar-refractivity contribution < 1.29 is 9.21 Å². The zero-order valence-electron chi connectivity index (χ0n) is 9.58. The quantitative estimate of drug-likeness (QED) is 0.846. The Balaban J connectivity index is 2.22. The molecule has 1 amide bonds. The molecule has 2 aromatic rings. The number of halogens is 1. The van der Waals surface area contributed by atoms with Crippen molar-refractivity contribution in [3.63, 3.8) is 0 Å². The van der Waals surface area contributed by atoms with Crippen molar-refractivity contribution >= 4 is 34.2 Å². The number of rotatable bonds is 2. The van der Waals surface area contributed by atoms with Crippen LogP contribution < -0.4 is 5.32 Å². The maximum atomic E-state index is 11.8. The lowest BCUT2D eigenvalue weighted by Crippen LogP contribution is -2.11. The van der Waals surface area contributed by atoms with E-state index in [1.165, 1.54) is 9.83 Å². The van der Waals surface area contributed by atoms with Gasteiger partial charge in [0.1, 0.15) is 0 Å². The largest absolute Gasteiger partial charge is 0.459 e. The molecule has 0 aliphatic heterocycles. The minimum absolute atomic E-state index is 0.227. The summed E-state index contributed by atoms with van der Waals surface area (Å²) >= 11 is 2.30. The second kappa shape index (κ2) is 4.91. The maximum Gasteiger partial charge on any atom is 0.291 e. The molecular weight excluding hydrogens is 329 g/mol. The van der Waals surface area contributed by atoms with Gasteiger partial charge in [-0.15, -0.1) is 0 Å². The summed E-state index contributed by atoms with van der Waals surface area (Å²) in [6, 6.07) is 7.24. The molecule has 0 aliphatic carbocycles. The molecule has 3 nitrogen and oxygen atoms in total. The van der Waals surface area contributed by atoms with Crippen LogP contribution in [0.2, 0.25) is 0 Å². The fourth-order valence-corrected chi connectivity index (χ4v) is 1.93. The Morgan fingerprint density at radius 1 is 1.29 bits per heavy atom. The van der Waals surface area contributed by atoms with E-state index in [0.29, 0.717) is 5.76 Å². The minimum Gasteiger partial charge on any atom is -0.459 e. The van der Waals surface area contributed by atoms with Crippen molar-refractivity contribution in [2.24, 2.45) is 0 Å². The summed E-state index contributed by atoms with van der Waals surface area (Å²) in [5.41, 5.74) is 3.10. The standard InChI is InChI=1S/C13H12INO2/c1-8-6-10(7-9(2)12(8)14)15-13(16)11-4-3-5-17-11/h3-7H,1-2H3,(H,15,16). The molecule has 0 aliphatic rings. The van der Waals surface area contributed by atoms with Crippen molar-refractivity contribution in [3.05, 3.63) is 51.0 Å². The van der Waals surface area contributed by atoms with Crippen LogP contribution in [0.5, 0.6) is 0 Å². The highest BCUT2D eigenvalue weighted by Crippen LogP contribution is 2.22. The Kier molecular flexibility index (Phi) is 3.51. The fraction of sp³-hybridized carbons (Fsp3) is 0.154. The molecule has 0 radical (unpaired) electrons. The van der Waals surface area contributed by atoms with E-state index in [1.54, 1.807) is 12.1 Å². The fourth-order valence-electron chi connectivity index (χ4n) is 1.62. The third-order valence-corrected chi connectivity index (χ3v) is 4.14. The highest BCUT2D eigenvalue weighted by atomic mass is 127. The van der Waals surface area contributed by atoms with Gasteiger partial charge < -0.3 is 9.73 Å². The molecular formula is C13H12INO2. The van der Waals surface area contributed by atoms with E-state index in [4.69, 9.17) is 4.42 Å². The van der Waals surface area contributed by atoms with Crippen molar-refractivity contribution in [1.82, 2.24) is 0 Å². The van der Waals surface area contributed by atoms with Crippen LogP contribution in [0.15, 0.2) is 34.9 Å². The lowest BCUT2D eigenvalue weighted by atomic mass is 10.1. The topological polar surface area (TPSA) is 42.2 Å². The van der Waals surface area contributed by atoms with E-state index in [0.717, 1.165) is 16.8 Å². The van der Waals surface area contributed by atoms with Gasteiger partial charge in [0.25, 0.3) is 5.91 Å². The Bertz CT molecular complexity index is 524. The summed E-state index contributed by atoms with van der Waals surface area (Å²) in [4.78, 5) is 11.8. The molecule has 2 rings (SSSR count). The number of anilines is 1. The third kappa shape index (κ3) is 2.69. The van der Waals surface area contributed by atoms with Gasteiger partial charge in [-0.3, -0.25) is 4.79 Å². The van der Waals surface area contributed by atoms with E-state index in [-0.39, 0.29) is 5.91 Å². The number of aryl methyl sites for hydroxylation is 2. The predicted octanol–water partition coefficient (Wildman–Crippen LogP) is 3.75. The first-order valence-corrected chi connectivity index (χ1v) is 6.27. The van der Waals surface area contributed by atoms with Crippen LogP contribution >= 0.6 is 22.6 Å². The van der Waals surface area contributed by atoms with Gasteiger partial charge in [-0.05, 0) is 71.8 Å². The lowest BCUT2D eigenvalue weighted by Gasteiger charge is -2.08. The molecule has 88 valence electrons. The molecule has 0 unspecified atom stereocenters. The first-order chi connectivity index (χ1) is 8.08. The van der Waals surface area contributed by atoms with Crippen LogP contribution in [0.3, 0.4) is 0 Å². The molecule has 0 atom stereocenters. The molecule has 1 aromatic heterocycles. The number of carbonyl (C=O) groups is 1. The number of amides is 1. The normalized spacial score (nSPS) is 10.3. The molecule has 0 spiro atoms. The van der Waals surface area contributed by atoms with Crippen molar-refractivity contribution in [2.75, 3.05) is 5.32 Å². The maximum absolute atomic E-state index is 11.8. The lowest BCUT2D eigenvalue weighted by molar-refractivity contribution is 0.0996. The zero-order chi connectivity index (χ0) is 12.4. The van der Waals surface area contributed by atoms with Gasteiger partial charge in [0.15, 0.2) is 5.76 Å². The molecule has 1 heterocycles. The van der Waals surface area contributed by atoms with E-state index in [9.17, 15) is 4.79 Å². The van der Waals surface area contributed by atoms with E-state index >= 15 is 0 Å². The van der Waals surface area contributed by atoms with Crippen LogP contribution in [0.25, 0.3) is 0 Å². The van der Waals surface area contributed by atoms with Crippen LogP contribution in [0.1, 0.15) is 21.7 Å². The van der Waals surface area contributed by atoms with Gasteiger partial charge in [0.05, 0.1) is 6.26 Å². The zero-order valence-corrected chi connectivity index (χ0v) is 11.7. The molecule has 0 saturated heterocycles. The summed E-state index contributed by atoms with van der Waals surface area (Å²) in [5.74, 6) is 0.0915. The Labute approximate surface area is 113 Å². The monoisotopic (exact) mass is 341 g/mol. The SMILES string of the molecule is Cc1cc(NC(=O)c2ccco2)cc(C)c1I. The number of hydrogen-bond donors (Lipinski definition) is 1. The second-order valence-electron chi connectivity index (χ2n) is 3.86. The molecule has 0 fully saturated rings. The highest BCUT2D eigenvalue weighted by molar-refractivity contribution is 14.1. The Morgan fingerprint density at radius 2 is 1.94 bits per heavy atom. The van der Waals surface area contributed by atoms with Gasteiger partial charge in [0, 0.05) is 9.26 Å². The number of benzene rings is 1. The molecule has 1 aromatic carbocycles. The summed E-state index contributed by atoms with van der Waals surface area (Å²) in [5, 5.41) is 2.82. The van der Waals surface area contributed by atoms with Gasteiger partial charge >= 0.3 is 0 Å². The average Bonchev–Trinajstić information content (AvgIpc) is 2.79. The second-order valence-corrected chi connectivity index (χ2v) is 4.93. The smallest absolute Gasteiger partial charge is 0.291 e. The van der Waals surface area contributed by atoms with Crippen molar-refractivity contribution in [2.45, 2.75) is 13.8 Å². The van der Waals surface area contributed by atoms with Gasteiger partial charge in [-0.1, -0.05) is 0 Å². The summed E-state index contributed by atoms with van der Waals surface area (Å²) in [6.45, 7) is 4.05. The molecule has 0 saturated carbocycles. The minimum atomic E-state index is -0.227. The average molecular weight is 341 g/mol. The first-order valence-electron chi connectivity index (χ1n) is 5.19. The first kappa shape index (κ1) is 12.2. The Hall–Kier alpha value is -1.30. The van der Waals surface area contributed by atoms with E-state index < -0.39 is 0 Å². The van der Waals surface area contributed by atoms with Crippen LogP contribution in [-0.4, -0.2) is 5.91 Å². The van der Waals surface area contributed by atoms with Crippen molar-refractivity contribution in [3.8, 4) is 0 Å². The summed E-state index contributed by atoms with van der Waals surface area (Å²) in [6.07, 6.45) is 1.49. The van der Waals surface area contributed by atoms with Crippen LogP contribution in [-0.2, 0) is 0 Å². The molecule has 1 N–H and O–H groups in total. The number of furan rings is 1. The molecule has 17 heavy (non-hydrogen) atoms. The van der Waals surface area contributed by atoms with Crippen LogP contribution in [0, 0.1) is 17.4 Å². The number of hydrogen-bond acceptors (Lipinski definition) is 2. The summed E-state index contributed by atoms with van der Waals surface area (Å²) in [7, 11) is 0.